The number of aldehydes is 2. The average molecular weight is 551 g/mol. The number of carbonyl (C=O) groups is 2. The molecular formula is C21H25F3N4O4S3. The van der Waals surface area contributed by atoms with Crippen molar-refractivity contribution >= 4 is 52.1 Å². The first-order valence-corrected chi connectivity index (χ1v) is 12.4. The molecule has 0 aliphatic rings. The van der Waals surface area contributed by atoms with E-state index in [4.69, 9.17) is 15.0 Å². The van der Waals surface area contributed by atoms with Gasteiger partial charge in [-0.15, -0.1) is 22.7 Å². The second-order valence-electron chi connectivity index (χ2n) is 6.27. The zero-order chi connectivity index (χ0) is 26.3. The maximum absolute atomic E-state index is 11.9. The van der Waals surface area contributed by atoms with Gasteiger partial charge in [0.05, 0.1) is 29.5 Å². The summed E-state index contributed by atoms with van der Waals surface area (Å²) in [5.74, 6) is 0. The van der Waals surface area contributed by atoms with Gasteiger partial charge in [-0.25, -0.2) is 9.97 Å². The number of aromatic nitrogens is 2. The summed E-state index contributed by atoms with van der Waals surface area (Å²) in [5.41, 5.74) is -1.69. The van der Waals surface area contributed by atoms with E-state index >= 15 is 0 Å². The molecule has 0 radical (unpaired) electrons. The van der Waals surface area contributed by atoms with Crippen molar-refractivity contribution in [1.29, 1.82) is 0 Å². The van der Waals surface area contributed by atoms with Crippen LogP contribution in [0, 0.1) is 0 Å². The van der Waals surface area contributed by atoms with Crippen LogP contribution in [0.25, 0.3) is 10.6 Å². The van der Waals surface area contributed by atoms with Crippen LogP contribution in [0.4, 0.5) is 18.3 Å². The van der Waals surface area contributed by atoms with Gasteiger partial charge in [-0.1, -0.05) is 12.1 Å². The first kappa shape index (κ1) is 30.7. The van der Waals surface area contributed by atoms with Gasteiger partial charge in [0.1, 0.15) is 17.6 Å². The van der Waals surface area contributed by atoms with Crippen molar-refractivity contribution in [3.8, 4) is 10.6 Å². The second-order valence-corrected chi connectivity index (χ2v) is 9.35. The number of halogens is 3. The van der Waals surface area contributed by atoms with E-state index in [2.05, 4.69) is 20.6 Å². The first-order valence-electron chi connectivity index (χ1n) is 9.91. The Bertz CT molecular complexity index is 1030. The molecular weight excluding hydrogens is 525 g/mol. The molecule has 0 aliphatic carbocycles. The summed E-state index contributed by atoms with van der Waals surface area (Å²) in [4.78, 5) is 29.0. The van der Waals surface area contributed by atoms with E-state index in [9.17, 15) is 18.0 Å². The van der Waals surface area contributed by atoms with Crippen molar-refractivity contribution in [2.24, 2.45) is 0 Å². The van der Waals surface area contributed by atoms with Gasteiger partial charge in [-0.3, -0.25) is 0 Å². The molecule has 0 bridgehead atoms. The minimum Gasteiger partial charge on any atom is -0.389 e. The molecule has 2 heterocycles. The monoisotopic (exact) mass is 550 g/mol. The van der Waals surface area contributed by atoms with Crippen LogP contribution >= 0.6 is 34.4 Å². The van der Waals surface area contributed by atoms with Gasteiger partial charge in [-0.05, 0) is 36.5 Å². The van der Waals surface area contributed by atoms with E-state index in [1.165, 1.54) is 35.6 Å². The Balaban J connectivity index is 0.000000309. The highest BCUT2D eigenvalue weighted by molar-refractivity contribution is 8.00. The van der Waals surface area contributed by atoms with Gasteiger partial charge in [0, 0.05) is 30.3 Å². The third-order valence-corrected chi connectivity index (χ3v) is 6.43. The van der Waals surface area contributed by atoms with Crippen LogP contribution in [0.3, 0.4) is 0 Å². The highest BCUT2D eigenvalue weighted by Crippen LogP contribution is 2.36. The molecule has 4 N–H and O–H groups in total. The number of aliphatic hydroxyl groups excluding tert-OH is 2. The topological polar surface area (TPSA) is 124 Å². The molecule has 3 rings (SSSR count). The Morgan fingerprint density at radius 1 is 1.09 bits per heavy atom. The zero-order valence-corrected chi connectivity index (χ0v) is 21.3. The molecule has 0 atom stereocenters. The summed E-state index contributed by atoms with van der Waals surface area (Å²) in [5, 5.41) is 26.3. The third-order valence-electron chi connectivity index (χ3n) is 3.72. The zero-order valence-electron chi connectivity index (χ0n) is 18.8. The van der Waals surface area contributed by atoms with Crippen LogP contribution in [0.2, 0.25) is 0 Å². The van der Waals surface area contributed by atoms with Crippen LogP contribution in [0.15, 0.2) is 34.5 Å². The van der Waals surface area contributed by atoms with E-state index < -0.39 is 5.51 Å². The maximum atomic E-state index is 11.9. The fourth-order valence-electron chi connectivity index (χ4n) is 2.37. The van der Waals surface area contributed by atoms with Crippen LogP contribution in [-0.2, 0) is 29.2 Å². The molecule has 8 nitrogen and oxygen atoms in total. The number of rotatable bonds is 9. The van der Waals surface area contributed by atoms with E-state index in [1.54, 1.807) is 11.3 Å². The lowest BCUT2D eigenvalue weighted by Gasteiger charge is -2.05. The molecule has 1 aromatic carbocycles. The van der Waals surface area contributed by atoms with Gasteiger partial charge < -0.3 is 30.4 Å². The SMILES string of the molecule is CNCc1nc(CO)sc1-c1csc(NC)n1.O=CCO.O=CCc1ccc(SC(F)(F)F)cc1. The Kier molecular flexibility index (Phi) is 14.3. The van der Waals surface area contributed by atoms with Crippen molar-refractivity contribution in [1.82, 2.24) is 15.3 Å². The minimum atomic E-state index is -4.26. The summed E-state index contributed by atoms with van der Waals surface area (Å²) < 4.78 is 35.7. The lowest BCUT2D eigenvalue weighted by molar-refractivity contribution is -0.110. The quantitative estimate of drug-likeness (QED) is 0.233. The van der Waals surface area contributed by atoms with Crippen molar-refractivity contribution in [3.63, 3.8) is 0 Å². The van der Waals surface area contributed by atoms with Crippen molar-refractivity contribution in [2.75, 3.05) is 26.0 Å². The fourth-order valence-corrected chi connectivity index (χ4v) is 4.55. The largest absolute Gasteiger partial charge is 0.446 e. The Labute approximate surface area is 212 Å². The lowest BCUT2D eigenvalue weighted by Crippen LogP contribution is -2.06. The van der Waals surface area contributed by atoms with Gasteiger partial charge in [0.2, 0.25) is 0 Å². The Morgan fingerprint density at radius 2 is 1.74 bits per heavy atom. The van der Waals surface area contributed by atoms with Gasteiger partial charge >= 0.3 is 5.51 Å². The molecule has 0 spiro atoms. The molecule has 0 saturated carbocycles. The molecule has 35 heavy (non-hydrogen) atoms. The van der Waals surface area contributed by atoms with Gasteiger partial charge in [-0.2, -0.15) is 13.2 Å². The molecule has 2 aromatic heterocycles. The van der Waals surface area contributed by atoms with Gasteiger partial charge in [0.25, 0.3) is 0 Å². The smallest absolute Gasteiger partial charge is 0.389 e. The fraction of sp³-hybridized carbons (Fsp3) is 0.333. The van der Waals surface area contributed by atoms with Crippen molar-refractivity contribution in [3.05, 3.63) is 45.9 Å². The number of nitrogens with one attached hydrogen (secondary N) is 2. The first-order chi connectivity index (χ1) is 16.7. The number of benzene rings is 1. The highest BCUT2D eigenvalue weighted by Gasteiger charge is 2.28. The van der Waals surface area contributed by atoms with E-state index in [1.807, 2.05) is 19.5 Å². The van der Waals surface area contributed by atoms with E-state index in [0.29, 0.717) is 24.7 Å². The van der Waals surface area contributed by atoms with Crippen molar-refractivity contribution in [2.45, 2.75) is 30.0 Å². The van der Waals surface area contributed by atoms with Crippen LogP contribution < -0.4 is 10.6 Å². The standard InChI is InChI=1S/C10H14N4OS2.C9H7F3OS.C2H4O2/c1-11-3-6-9(17-8(4-15)13-6)7-5-16-10(12-2)14-7;10-9(11,12)14-8-3-1-7(2-4-8)5-6-13;3-1-2-4/h5,11,15H,3-4H2,1-2H3,(H,12,14);1-4,6H,5H2;1,4H,2H2. The predicted octanol–water partition coefficient (Wildman–Crippen LogP) is 3.74. The van der Waals surface area contributed by atoms with Crippen LogP contribution in [0.1, 0.15) is 16.3 Å². The summed E-state index contributed by atoms with van der Waals surface area (Å²) in [6.45, 7) is 0.294. The van der Waals surface area contributed by atoms with Crippen molar-refractivity contribution < 1.29 is 33.0 Å². The summed E-state index contributed by atoms with van der Waals surface area (Å²) >= 11 is 2.89. The lowest BCUT2D eigenvalue weighted by atomic mass is 10.2. The molecule has 0 saturated heterocycles. The average Bonchev–Trinajstić information content (AvgIpc) is 3.47. The van der Waals surface area contributed by atoms with E-state index in [-0.39, 0.29) is 36.3 Å². The number of thioether (sulfide) groups is 1. The third kappa shape index (κ3) is 11.7. The molecule has 0 unspecified atom stereocenters. The minimum absolute atomic E-state index is 0.0234. The Hall–Kier alpha value is -2.36. The highest BCUT2D eigenvalue weighted by atomic mass is 32.2. The maximum Gasteiger partial charge on any atom is 0.446 e. The molecule has 14 heteroatoms. The predicted molar refractivity (Wildman–Crippen MR) is 133 cm³/mol. The molecule has 0 aliphatic heterocycles. The number of thiazole rings is 2. The number of carbonyl (C=O) groups excluding carboxylic acids is 2. The van der Waals surface area contributed by atoms with Crippen LogP contribution in [0.5, 0.6) is 0 Å². The summed E-state index contributed by atoms with van der Waals surface area (Å²) in [7, 11) is 3.73. The number of aliphatic hydroxyl groups is 2. The second kappa shape index (κ2) is 16.3. The Morgan fingerprint density at radius 3 is 2.20 bits per heavy atom. The molecule has 0 amide bonds. The number of hydrogen-bond acceptors (Lipinski definition) is 11. The number of hydrogen-bond donors (Lipinski definition) is 4. The number of alkyl halides is 3. The van der Waals surface area contributed by atoms with E-state index in [0.717, 1.165) is 26.4 Å². The number of anilines is 1. The summed E-state index contributed by atoms with van der Waals surface area (Å²) in [6, 6.07) is 5.75. The molecule has 192 valence electrons. The van der Waals surface area contributed by atoms with Crippen LogP contribution in [-0.4, -0.2) is 59.0 Å². The molecule has 3 aromatic rings. The van der Waals surface area contributed by atoms with Gasteiger partial charge in [0.15, 0.2) is 5.13 Å². The number of nitrogens with zero attached hydrogens (tertiary/aromatic N) is 2. The summed E-state index contributed by atoms with van der Waals surface area (Å²) in [6.07, 6.45) is 1.38. The molecule has 0 fully saturated rings. The normalized spacial score (nSPS) is 10.5.